The zero-order valence-corrected chi connectivity index (χ0v) is 19.2. The summed E-state index contributed by atoms with van der Waals surface area (Å²) in [6.07, 6.45) is 4.87. The number of nitrogens with one attached hydrogen (secondary N) is 1. The highest BCUT2D eigenvalue weighted by Gasteiger charge is 2.30. The highest BCUT2D eigenvalue weighted by Crippen LogP contribution is 2.42. The van der Waals surface area contributed by atoms with Gasteiger partial charge in [0, 0.05) is 17.0 Å². The summed E-state index contributed by atoms with van der Waals surface area (Å²) in [5.41, 5.74) is 1.05. The Morgan fingerprint density at radius 1 is 1.13 bits per heavy atom. The number of fused-ring (bicyclic) bond motifs is 1. The van der Waals surface area contributed by atoms with Crippen molar-refractivity contribution in [2.45, 2.75) is 31.1 Å². The first-order valence-electron chi connectivity index (χ1n) is 10.5. The normalized spacial score (nSPS) is 14.6. The average molecular weight is 459 g/mol. The molecule has 1 aliphatic rings. The van der Waals surface area contributed by atoms with Gasteiger partial charge in [0.05, 0.1) is 10.6 Å². The molecule has 4 nitrogen and oxygen atoms in total. The molecule has 3 rings (SSSR count). The predicted octanol–water partition coefficient (Wildman–Crippen LogP) is 5.35. The zero-order chi connectivity index (χ0) is 22.1. The van der Waals surface area contributed by atoms with Crippen LogP contribution in [0.4, 0.5) is 10.1 Å². The molecule has 0 aromatic heterocycles. The summed E-state index contributed by atoms with van der Waals surface area (Å²) < 4.78 is 14.1. The van der Waals surface area contributed by atoms with E-state index in [4.69, 9.17) is 0 Å². The van der Waals surface area contributed by atoms with Gasteiger partial charge in [-0.15, -0.1) is 0 Å². The van der Waals surface area contributed by atoms with Crippen LogP contribution in [0.3, 0.4) is 0 Å². The predicted molar refractivity (Wildman–Crippen MR) is 129 cm³/mol. The van der Waals surface area contributed by atoms with Crippen LogP contribution in [-0.4, -0.2) is 36.4 Å². The summed E-state index contributed by atoms with van der Waals surface area (Å²) >= 11 is 3.20. The monoisotopic (exact) mass is 458 g/mol. The van der Waals surface area contributed by atoms with Crippen LogP contribution in [-0.2, 0) is 9.59 Å². The van der Waals surface area contributed by atoms with Crippen molar-refractivity contribution in [1.82, 2.24) is 5.32 Å². The molecule has 0 atom stereocenters. The van der Waals surface area contributed by atoms with Gasteiger partial charge in [0.15, 0.2) is 0 Å². The number of para-hydroxylation sites is 1. The molecule has 0 fully saturated rings. The molecule has 0 saturated carbocycles. The number of carbonyl (C=O) groups excluding carboxylic acids is 2. The Kier molecular flexibility index (Phi) is 9.03. The third kappa shape index (κ3) is 6.61. The van der Waals surface area contributed by atoms with Gasteiger partial charge in [-0.1, -0.05) is 55.4 Å². The lowest BCUT2D eigenvalue weighted by Crippen LogP contribution is -2.43. The SMILES string of the molecule is CCCCSCCCNC(=O)CN1C(=O)C(=Cc2ccccc2F)Sc2ccccc21. The van der Waals surface area contributed by atoms with Crippen molar-refractivity contribution in [2.24, 2.45) is 0 Å². The highest BCUT2D eigenvalue weighted by molar-refractivity contribution is 8.04. The molecule has 2 amide bonds. The van der Waals surface area contributed by atoms with E-state index in [1.165, 1.54) is 35.6 Å². The fourth-order valence-corrected chi connectivity index (χ4v) is 5.20. The quantitative estimate of drug-likeness (QED) is 0.385. The van der Waals surface area contributed by atoms with Gasteiger partial charge >= 0.3 is 0 Å². The molecule has 1 heterocycles. The number of carbonyl (C=O) groups is 2. The second-order valence-corrected chi connectivity index (χ2v) is 9.47. The van der Waals surface area contributed by atoms with Crippen LogP contribution < -0.4 is 10.2 Å². The number of hydrogen-bond acceptors (Lipinski definition) is 4. The number of hydrogen-bond donors (Lipinski definition) is 1. The molecule has 31 heavy (non-hydrogen) atoms. The van der Waals surface area contributed by atoms with Crippen LogP contribution in [0.15, 0.2) is 58.3 Å². The molecule has 0 unspecified atom stereocenters. The lowest BCUT2D eigenvalue weighted by Gasteiger charge is -2.29. The maximum absolute atomic E-state index is 14.1. The minimum absolute atomic E-state index is 0.0615. The van der Waals surface area contributed by atoms with E-state index in [9.17, 15) is 14.0 Å². The van der Waals surface area contributed by atoms with Gasteiger partial charge in [0.2, 0.25) is 5.91 Å². The lowest BCUT2D eigenvalue weighted by atomic mass is 10.2. The summed E-state index contributed by atoms with van der Waals surface area (Å²) in [7, 11) is 0. The van der Waals surface area contributed by atoms with E-state index in [1.807, 2.05) is 36.0 Å². The average Bonchev–Trinajstić information content (AvgIpc) is 2.77. The number of amides is 2. The first kappa shape index (κ1) is 23.4. The van der Waals surface area contributed by atoms with E-state index in [1.54, 1.807) is 24.3 Å². The molecule has 2 aromatic rings. The Morgan fingerprint density at radius 2 is 1.87 bits per heavy atom. The first-order chi connectivity index (χ1) is 15.1. The molecule has 0 radical (unpaired) electrons. The molecule has 0 aliphatic carbocycles. The molecule has 2 aromatic carbocycles. The Labute approximate surface area is 191 Å². The van der Waals surface area contributed by atoms with Crippen LogP contribution in [0.5, 0.6) is 0 Å². The van der Waals surface area contributed by atoms with E-state index >= 15 is 0 Å². The van der Waals surface area contributed by atoms with Gasteiger partial charge in [0.1, 0.15) is 12.4 Å². The van der Waals surface area contributed by atoms with Crippen LogP contribution in [0.1, 0.15) is 31.7 Å². The smallest absolute Gasteiger partial charge is 0.265 e. The van der Waals surface area contributed by atoms with Crippen LogP contribution >= 0.6 is 23.5 Å². The Bertz CT molecular complexity index is 949. The molecule has 1 aliphatic heterocycles. The molecule has 0 saturated heterocycles. The minimum Gasteiger partial charge on any atom is -0.355 e. The number of halogens is 1. The fourth-order valence-electron chi connectivity index (χ4n) is 3.10. The Hall–Kier alpha value is -2.25. The number of unbranched alkanes of at least 4 members (excludes halogenated alkanes) is 1. The van der Waals surface area contributed by atoms with Crippen molar-refractivity contribution in [3.8, 4) is 0 Å². The summed E-state index contributed by atoms with van der Waals surface area (Å²) in [5, 5.41) is 2.91. The second kappa shape index (κ2) is 12.0. The van der Waals surface area contributed by atoms with Gasteiger partial charge in [-0.05, 0) is 48.6 Å². The lowest BCUT2D eigenvalue weighted by molar-refractivity contribution is -0.122. The highest BCUT2D eigenvalue weighted by atomic mass is 32.2. The molecule has 164 valence electrons. The molecule has 0 spiro atoms. The van der Waals surface area contributed by atoms with E-state index in [-0.39, 0.29) is 24.2 Å². The Morgan fingerprint density at radius 3 is 2.68 bits per heavy atom. The first-order valence-corrected chi connectivity index (χ1v) is 12.5. The van der Waals surface area contributed by atoms with Crippen molar-refractivity contribution in [3.05, 3.63) is 64.8 Å². The standard InChI is InChI=1S/C24H27FN2O2S2/c1-2-3-14-30-15-8-13-26-23(28)17-27-20-11-6-7-12-21(20)31-22(24(27)29)16-18-9-4-5-10-19(18)25/h4-7,9-12,16H,2-3,8,13-15,17H2,1H3,(H,26,28). The summed E-state index contributed by atoms with van der Waals surface area (Å²) in [6.45, 7) is 2.71. The zero-order valence-electron chi connectivity index (χ0n) is 17.6. The molecular formula is C24H27FN2O2S2. The van der Waals surface area contributed by atoms with Gasteiger partial charge in [-0.25, -0.2) is 4.39 Å². The molecule has 7 heteroatoms. The van der Waals surface area contributed by atoms with Gasteiger partial charge in [-0.3, -0.25) is 14.5 Å². The minimum atomic E-state index is -0.386. The van der Waals surface area contributed by atoms with Crippen molar-refractivity contribution < 1.29 is 14.0 Å². The number of nitrogens with zero attached hydrogens (tertiary/aromatic N) is 1. The summed E-state index contributed by atoms with van der Waals surface area (Å²) in [6, 6.07) is 13.8. The topological polar surface area (TPSA) is 49.4 Å². The van der Waals surface area contributed by atoms with E-state index in [0.29, 0.717) is 22.7 Å². The summed E-state index contributed by atoms with van der Waals surface area (Å²) in [4.78, 5) is 28.4. The van der Waals surface area contributed by atoms with E-state index in [2.05, 4.69) is 12.2 Å². The van der Waals surface area contributed by atoms with Crippen molar-refractivity contribution in [1.29, 1.82) is 0 Å². The van der Waals surface area contributed by atoms with Crippen molar-refractivity contribution in [3.63, 3.8) is 0 Å². The van der Waals surface area contributed by atoms with Crippen molar-refractivity contribution >= 4 is 47.1 Å². The van der Waals surface area contributed by atoms with Crippen LogP contribution in [0.2, 0.25) is 0 Å². The van der Waals surface area contributed by atoms with Crippen LogP contribution in [0, 0.1) is 5.82 Å². The number of anilines is 1. The maximum atomic E-state index is 14.1. The molecular weight excluding hydrogens is 431 g/mol. The van der Waals surface area contributed by atoms with Crippen LogP contribution in [0.25, 0.3) is 6.08 Å². The molecule has 0 bridgehead atoms. The number of rotatable bonds is 10. The number of benzene rings is 2. The van der Waals surface area contributed by atoms with E-state index in [0.717, 1.165) is 22.8 Å². The second-order valence-electron chi connectivity index (χ2n) is 7.16. The molecule has 1 N–H and O–H groups in total. The van der Waals surface area contributed by atoms with Crippen molar-refractivity contribution in [2.75, 3.05) is 29.5 Å². The van der Waals surface area contributed by atoms with E-state index < -0.39 is 0 Å². The third-order valence-electron chi connectivity index (χ3n) is 4.76. The van der Waals surface area contributed by atoms with Gasteiger partial charge in [-0.2, -0.15) is 11.8 Å². The maximum Gasteiger partial charge on any atom is 0.265 e. The van der Waals surface area contributed by atoms with Gasteiger partial charge in [0.25, 0.3) is 5.91 Å². The number of thioether (sulfide) groups is 2. The third-order valence-corrected chi connectivity index (χ3v) is 6.99. The largest absolute Gasteiger partial charge is 0.355 e. The fraction of sp³-hybridized carbons (Fsp3) is 0.333. The van der Waals surface area contributed by atoms with Gasteiger partial charge < -0.3 is 5.32 Å². The Balaban J connectivity index is 1.66. The summed E-state index contributed by atoms with van der Waals surface area (Å²) in [5.74, 6) is 1.29.